The SMILES string of the molecule is CCCSc1nc2c(c(=O)[nH]1)[C@H](c1ccc(O)c(OC)c1)CC(=O)N2. The van der Waals surface area contributed by atoms with Gasteiger partial charge in [0.1, 0.15) is 5.82 Å². The van der Waals surface area contributed by atoms with Crippen LogP contribution in [0.3, 0.4) is 0 Å². The normalized spacial score (nSPS) is 16.2. The van der Waals surface area contributed by atoms with E-state index in [-0.39, 0.29) is 23.6 Å². The van der Waals surface area contributed by atoms with Crippen LogP contribution in [-0.2, 0) is 4.79 Å². The second-order valence-corrected chi connectivity index (χ2v) is 6.80. The van der Waals surface area contributed by atoms with Gasteiger partial charge in [-0.15, -0.1) is 0 Å². The first-order valence-corrected chi connectivity index (χ1v) is 8.95. The van der Waals surface area contributed by atoms with Crippen molar-refractivity contribution >= 4 is 23.5 Å². The molecule has 0 saturated carbocycles. The van der Waals surface area contributed by atoms with Gasteiger partial charge < -0.3 is 20.1 Å². The maximum Gasteiger partial charge on any atom is 0.257 e. The number of amides is 1. The lowest BCUT2D eigenvalue weighted by molar-refractivity contribution is -0.116. The average molecular weight is 361 g/mol. The number of anilines is 1. The van der Waals surface area contributed by atoms with Crippen molar-refractivity contribution in [1.82, 2.24) is 9.97 Å². The third-order valence-corrected chi connectivity index (χ3v) is 5.06. The maximum atomic E-state index is 12.6. The third kappa shape index (κ3) is 3.48. The Hall–Kier alpha value is -2.48. The molecule has 8 heteroatoms. The summed E-state index contributed by atoms with van der Waals surface area (Å²) >= 11 is 1.44. The fourth-order valence-electron chi connectivity index (χ4n) is 2.81. The number of nitrogens with one attached hydrogen (secondary N) is 2. The summed E-state index contributed by atoms with van der Waals surface area (Å²) in [6.45, 7) is 2.04. The second-order valence-electron chi connectivity index (χ2n) is 5.72. The van der Waals surface area contributed by atoms with Crippen LogP contribution in [0, 0.1) is 0 Å². The van der Waals surface area contributed by atoms with Gasteiger partial charge in [0.15, 0.2) is 16.7 Å². The standard InChI is InChI=1S/C17H19N3O4S/c1-3-6-25-17-19-15-14(16(23)20-17)10(8-13(22)18-15)9-4-5-11(21)12(7-9)24-2/h4-5,7,10,21H,3,6,8H2,1-2H3,(H2,18,19,20,22,23)/t10-/m0/s1. The first-order valence-electron chi connectivity index (χ1n) is 7.97. The zero-order valence-electron chi connectivity index (χ0n) is 14.0. The monoisotopic (exact) mass is 361 g/mol. The number of hydrogen-bond acceptors (Lipinski definition) is 6. The van der Waals surface area contributed by atoms with Crippen LogP contribution in [0.1, 0.15) is 36.8 Å². The van der Waals surface area contributed by atoms with Gasteiger partial charge in [-0.25, -0.2) is 4.98 Å². The minimum atomic E-state index is -0.445. The quantitative estimate of drug-likeness (QED) is 0.558. The molecule has 0 unspecified atom stereocenters. The number of aromatic hydroxyl groups is 1. The van der Waals surface area contributed by atoms with Crippen molar-refractivity contribution < 1.29 is 14.6 Å². The van der Waals surface area contributed by atoms with E-state index in [1.54, 1.807) is 12.1 Å². The van der Waals surface area contributed by atoms with Gasteiger partial charge in [0.25, 0.3) is 5.56 Å². The number of fused-ring (bicyclic) bond motifs is 1. The second kappa shape index (κ2) is 7.18. The van der Waals surface area contributed by atoms with Gasteiger partial charge in [-0.2, -0.15) is 0 Å². The molecule has 2 aromatic rings. The molecule has 7 nitrogen and oxygen atoms in total. The Morgan fingerprint density at radius 3 is 2.92 bits per heavy atom. The Balaban J connectivity index is 2.07. The first-order chi connectivity index (χ1) is 12.0. The number of H-pyrrole nitrogens is 1. The maximum absolute atomic E-state index is 12.6. The summed E-state index contributed by atoms with van der Waals surface area (Å²) in [5.41, 5.74) is 0.876. The van der Waals surface area contributed by atoms with E-state index in [0.29, 0.717) is 27.9 Å². The Labute approximate surface area is 148 Å². The molecule has 0 bridgehead atoms. The predicted molar refractivity (Wildman–Crippen MR) is 95.6 cm³/mol. The third-order valence-electron chi connectivity index (χ3n) is 3.98. The Morgan fingerprint density at radius 2 is 2.20 bits per heavy atom. The summed E-state index contributed by atoms with van der Waals surface area (Å²) in [5, 5.41) is 13.0. The highest BCUT2D eigenvalue weighted by atomic mass is 32.2. The number of nitrogens with zero attached hydrogens (tertiary/aromatic N) is 1. The lowest BCUT2D eigenvalue weighted by Gasteiger charge is -2.24. The molecule has 0 fully saturated rings. The van der Waals surface area contributed by atoms with Gasteiger partial charge in [0, 0.05) is 18.1 Å². The number of thioether (sulfide) groups is 1. The molecule has 2 heterocycles. The van der Waals surface area contributed by atoms with E-state index >= 15 is 0 Å². The number of aromatic amines is 1. The minimum absolute atomic E-state index is 0.00471. The highest BCUT2D eigenvalue weighted by Gasteiger charge is 2.31. The molecule has 1 atom stereocenters. The van der Waals surface area contributed by atoms with Crippen LogP contribution in [-0.4, -0.2) is 33.8 Å². The number of hydrogen-bond donors (Lipinski definition) is 3. The zero-order chi connectivity index (χ0) is 18.0. The number of carbonyl (C=O) groups is 1. The molecule has 0 spiro atoms. The van der Waals surface area contributed by atoms with Crippen molar-refractivity contribution in [2.24, 2.45) is 0 Å². The summed E-state index contributed by atoms with van der Waals surface area (Å²) in [5.74, 6) is 0.785. The zero-order valence-corrected chi connectivity index (χ0v) is 14.8. The van der Waals surface area contributed by atoms with Gasteiger partial charge >= 0.3 is 0 Å². The molecule has 1 aromatic heterocycles. The highest BCUT2D eigenvalue weighted by molar-refractivity contribution is 7.99. The molecular weight excluding hydrogens is 342 g/mol. The van der Waals surface area contributed by atoms with E-state index in [2.05, 4.69) is 15.3 Å². The van der Waals surface area contributed by atoms with Gasteiger partial charge in [-0.05, 0) is 24.1 Å². The van der Waals surface area contributed by atoms with Gasteiger partial charge in [0.05, 0.1) is 12.7 Å². The molecule has 0 aliphatic carbocycles. The summed E-state index contributed by atoms with van der Waals surface area (Å²) in [6, 6.07) is 4.82. The van der Waals surface area contributed by atoms with E-state index in [1.165, 1.54) is 24.9 Å². The molecule has 3 rings (SSSR count). The summed E-state index contributed by atoms with van der Waals surface area (Å²) in [7, 11) is 1.45. The Morgan fingerprint density at radius 1 is 1.40 bits per heavy atom. The molecule has 1 aromatic carbocycles. The number of benzene rings is 1. The number of phenolic OH excluding ortho intramolecular Hbond substituents is 1. The van der Waals surface area contributed by atoms with E-state index < -0.39 is 5.92 Å². The van der Waals surface area contributed by atoms with Crippen LogP contribution in [0.15, 0.2) is 28.2 Å². The van der Waals surface area contributed by atoms with Gasteiger partial charge in [-0.3, -0.25) is 9.59 Å². The van der Waals surface area contributed by atoms with Gasteiger partial charge in [0.2, 0.25) is 5.91 Å². The molecule has 25 heavy (non-hydrogen) atoms. The van der Waals surface area contributed by atoms with Crippen molar-refractivity contribution in [2.75, 3.05) is 18.2 Å². The number of ether oxygens (including phenoxy) is 1. The van der Waals surface area contributed by atoms with Gasteiger partial charge in [-0.1, -0.05) is 24.8 Å². The highest BCUT2D eigenvalue weighted by Crippen LogP contribution is 2.37. The van der Waals surface area contributed by atoms with Crippen molar-refractivity contribution in [3.63, 3.8) is 0 Å². The van der Waals surface area contributed by atoms with Crippen LogP contribution in [0.25, 0.3) is 0 Å². The molecule has 0 radical (unpaired) electrons. The molecule has 1 aliphatic heterocycles. The number of phenols is 1. The smallest absolute Gasteiger partial charge is 0.257 e. The van der Waals surface area contributed by atoms with Crippen molar-refractivity contribution in [2.45, 2.75) is 30.8 Å². The summed E-state index contributed by atoms with van der Waals surface area (Å²) in [6.07, 6.45) is 1.08. The van der Waals surface area contributed by atoms with Crippen LogP contribution >= 0.6 is 11.8 Å². The molecule has 1 amide bonds. The minimum Gasteiger partial charge on any atom is -0.504 e. The Bertz CT molecular complexity index is 865. The van der Waals surface area contributed by atoms with Crippen molar-refractivity contribution in [3.8, 4) is 11.5 Å². The van der Waals surface area contributed by atoms with Crippen LogP contribution in [0.4, 0.5) is 5.82 Å². The fourth-order valence-corrected chi connectivity index (χ4v) is 3.53. The van der Waals surface area contributed by atoms with Crippen LogP contribution in [0.5, 0.6) is 11.5 Å². The number of carbonyl (C=O) groups excluding carboxylic acids is 1. The largest absolute Gasteiger partial charge is 0.504 e. The lowest BCUT2D eigenvalue weighted by Crippen LogP contribution is -2.31. The van der Waals surface area contributed by atoms with Crippen LogP contribution in [0.2, 0.25) is 0 Å². The summed E-state index contributed by atoms with van der Waals surface area (Å²) in [4.78, 5) is 31.9. The van der Waals surface area contributed by atoms with E-state index in [1.807, 2.05) is 6.92 Å². The first kappa shape index (κ1) is 17.3. The van der Waals surface area contributed by atoms with Crippen LogP contribution < -0.4 is 15.6 Å². The number of rotatable bonds is 5. The van der Waals surface area contributed by atoms with Crippen molar-refractivity contribution in [1.29, 1.82) is 0 Å². The molecule has 1 aliphatic rings. The average Bonchev–Trinajstić information content (AvgIpc) is 2.59. The van der Waals surface area contributed by atoms with E-state index in [9.17, 15) is 14.7 Å². The molecule has 0 saturated heterocycles. The van der Waals surface area contributed by atoms with E-state index in [4.69, 9.17) is 4.74 Å². The van der Waals surface area contributed by atoms with E-state index in [0.717, 1.165) is 12.2 Å². The topological polar surface area (TPSA) is 104 Å². The lowest BCUT2D eigenvalue weighted by atomic mass is 9.86. The molecular formula is C17H19N3O4S. The Kier molecular flexibility index (Phi) is 4.98. The number of aromatic nitrogens is 2. The summed E-state index contributed by atoms with van der Waals surface area (Å²) < 4.78 is 5.13. The molecule has 3 N–H and O–H groups in total. The van der Waals surface area contributed by atoms with Crippen molar-refractivity contribution in [3.05, 3.63) is 39.7 Å². The molecule has 132 valence electrons. The predicted octanol–water partition coefficient (Wildman–Crippen LogP) is 2.46. The fraction of sp³-hybridized carbons (Fsp3) is 0.353. The number of methoxy groups -OCH3 is 1.